The smallest absolute Gasteiger partial charge is 0.223 e. The van der Waals surface area contributed by atoms with E-state index in [1.807, 2.05) is 37.4 Å². The Kier molecular flexibility index (Phi) is 10.9. The van der Waals surface area contributed by atoms with Crippen molar-refractivity contribution in [1.82, 2.24) is 25.2 Å². The van der Waals surface area contributed by atoms with Crippen LogP contribution in [0.15, 0.2) is 36.5 Å². The van der Waals surface area contributed by atoms with E-state index in [9.17, 15) is 9.59 Å². The van der Waals surface area contributed by atoms with Gasteiger partial charge in [-0.2, -0.15) is 0 Å². The molecule has 0 unspecified atom stereocenters. The van der Waals surface area contributed by atoms with Crippen molar-refractivity contribution in [3.8, 4) is 17.1 Å². The minimum absolute atomic E-state index is 0.245. The number of pyridine rings is 1. The van der Waals surface area contributed by atoms with E-state index >= 15 is 0 Å². The molecule has 41 heavy (non-hydrogen) atoms. The molecular formula is C33H47N5O3. The summed E-state index contributed by atoms with van der Waals surface area (Å²) in [4.78, 5) is 37.6. The Labute approximate surface area is 244 Å². The number of likely N-dealkylation sites (tertiary alicyclic amines) is 1. The van der Waals surface area contributed by atoms with E-state index in [4.69, 9.17) is 4.74 Å². The summed E-state index contributed by atoms with van der Waals surface area (Å²) in [7, 11) is 5.56. The number of benzene rings is 1. The summed E-state index contributed by atoms with van der Waals surface area (Å²) in [6.07, 6.45) is 13.2. The number of ether oxygens (including phenoxy) is 1. The number of amides is 1. The van der Waals surface area contributed by atoms with Crippen molar-refractivity contribution in [3.63, 3.8) is 0 Å². The van der Waals surface area contributed by atoms with Crippen LogP contribution in [-0.4, -0.2) is 65.8 Å². The molecule has 2 N–H and O–H groups in total. The molecule has 3 aromatic rings. The summed E-state index contributed by atoms with van der Waals surface area (Å²) in [5.41, 5.74) is 3.30. The summed E-state index contributed by atoms with van der Waals surface area (Å²) in [6.45, 7) is 4.35. The molecule has 8 nitrogen and oxygen atoms in total. The predicted octanol–water partition coefficient (Wildman–Crippen LogP) is 5.96. The Balaban J connectivity index is 0.000000231. The van der Waals surface area contributed by atoms with Crippen LogP contribution in [0.2, 0.25) is 0 Å². The fourth-order valence-corrected chi connectivity index (χ4v) is 6.09. The van der Waals surface area contributed by atoms with Crippen LogP contribution in [0.5, 0.6) is 5.88 Å². The minimum atomic E-state index is 0.245. The van der Waals surface area contributed by atoms with Crippen LogP contribution < -0.4 is 10.1 Å². The van der Waals surface area contributed by atoms with E-state index in [1.165, 1.54) is 25.9 Å². The number of nitrogens with zero attached hydrogens (tertiary/aromatic N) is 3. The van der Waals surface area contributed by atoms with Gasteiger partial charge in [0, 0.05) is 37.6 Å². The molecule has 0 radical (unpaired) electrons. The molecule has 1 amide bonds. The van der Waals surface area contributed by atoms with Gasteiger partial charge in [0.2, 0.25) is 11.8 Å². The second-order valence-electron chi connectivity index (χ2n) is 11.8. The summed E-state index contributed by atoms with van der Waals surface area (Å²) in [6, 6.07) is 10.1. The van der Waals surface area contributed by atoms with E-state index in [2.05, 4.69) is 38.3 Å². The van der Waals surface area contributed by atoms with Crippen LogP contribution in [0.1, 0.15) is 77.0 Å². The van der Waals surface area contributed by atoms with Gasteiger partial charge in [0.25, 0.3) is 0 Å². The molecule has 1 aliphatic carbocycles. The molecule has 1 spiro atoms. The van der Waals surface area contributed by atoms with E-state index < -0.39 is 0 Å². The predicted molar refractivity (Wildman–Crippen MR) is 164 cm³/mol. The lowest BCUT2D eigenvalue weighted by Gasteiger charge is -2.51. The molecule has 5 rings (SSSR count). The zero-order valence-corrected chi connectivity index (χ0v) is 25.3. The number of methoxy groups -OCH3 is 1. The summed E-state index contributed by atoms with van der Waals surface area (Å²) in [5.74, 6) is 2.50. The lowest BCUT2D eigenvalue weighted by atomic mass is 9.57. The molecule has 1 saturated carbocycles. The second kappa shape index (κ2) is 14.6. The first-order valence-corrected chi connectivity index (χ1v) is 15.3. The van der Waals surface area contributed by atoms with Crippen LogP contribution >= 0.6 is 0 Å². The zero-order chi connectivity index (χ0) is 29.2. The lowest BCUT2D eigenvalue weighted by Crippen LogP contribution is -2.49. The first-order valence-electron chi connectivity index (χ1n) is 15.3. The number of aromatic nitrogens is 3. The number of H-pyrrole nitrogens is 1. The molecule has 3 heterocycles. The Hall–Kier alpha value is -3.26. The standard InChI is InChI=1S/C22H27N3O2.C11H20N2O/c1-3-17(26)11-6-4-5-7-13-21-23-15-20(24-21)18-14-16-10-8-9-12-19(16)25-22(18)27-2;1-12-10(14)9-7-11(8-9)3-5-13(2)6-4-11/h8-10,12,14-15H,3-7,11,13H2,1-2H3,(H,23,24);9H,3-8H2,1-2H3,(H,12,14). The molecule has 1 aromatic carbocycles. The Morgan fingerprint density at radius 2 is 1.85 bits per heavy atom. The van der Waals surface area contributed by atoms with E-state index in [1.54, 1.807) is 14.2 Å². The van der Waals surface area contributed by atoms with Crippen LogP contribution in [0.3, 0.4) is 0 Å². The maximum Gasteiger partial charge on any atom is 0.223 e. The third-order valence-corrected chi connectivity index (χ3v) is 8.84. The van der Waals surface area contributed by atoms with Crippen LogP contribution in [-0.2, 0) is 16.0 Å². The fraction of sp³-hybridized carbons (Fsp3) is 0.576. The molecule has 222 valence electrons. The van der Waals surface area contributed by atoms with E-state index in [0.29, 0.717) is 29.4 Å². The molecule has 8 heteroatoms. The molecule has 0 atom stereocenters. The van der Waals surface area contributed by atoms with Crippen molar-refractivity contribution in [2.24, 2.45) is 11.3 Å². The highest BCUT2D eigenvalue weighted by molar-refractivity contribution is 5.85. The quantitative estimate of drug-likeness (QED) is 0.280. The van der Waals surface area contributed by atoms with Crippen molar-refractivity contribution < 1.29 is 14.3 Å². The molecule has 2 aliphatic rings. The molecule has 2 aromatic heterocycles. The fourth-order valence-electron chi connectivity index (χ4n) is 6.09. The number of imidazole rings is 1. The number of rotatable bonds is 11. The topological polar surface area (TPSA) is 100 Å². The van der Waals surface area contributed by atoms with Gasteiger partial charge in [-0.25, -0.2) is 9.97 Å². The average molecular weight is 562 g/mol. The van der Waals surface area contributed by atoms with Crippen molar-refractivity contribution in [3.05, 3.63) is 42.4 Å². The Morgan fingerprint density at radius 3 is 2.56 bits per heavy atom. The summed E-state index contributed by atoms with van der Waals surface area (Å²) >= 11 is 0. The molecule has 1 aliphatic heterocycles. The lowest BCUT2D eigenvalue weighted by molar-refractivity contribution is -0.134. The maximum absolute atomic E-state index is 11.4. The van der Waals surface area contributed by atoms with Crippen LogP contribution in [0, 0.1) is 11.3 Å². The molecule has 0 bridgehead atoms. The van der Waals surface area contributed by atoms with Gasteiger partial charge in [0.15, 0.2) is 0 Å². The van der Waals surface area contributed by atoms with Crippen LogP contribution in [0.25, 0.3) is 22.2 Å². The number of hydrogen-bond donors (Lipinski definition) is 2. The van der Waals surface area contributed by atoms with Gasteiger partial charge in [-0.3, -0.25) is 9.59 Å². The third kappa shape index (κ3) is 8.15. The third-order valence-electron chi connectivity index (χ3n) is 8.84. The monoisotopic (exact) mass is 561 g/mol. The number of carbonyl (C=O) groups excluding carboxylic acids is 2. The van der Waals surface area contributed by atoms with Gasteiger partial charge in [-0.05, 0) is 76.2 Å². The first kappa shape index (κ1) is 30.7. The van der Waals surface area contributed by atoms with E-state index in [-0.39, 0.29) is 5.91 Å². The normalized spacial score (nSPS) is 16.6. The van der Waals surface area contributed by atoms with Crippen molar-refractivity contribution in [2.45, 2.75) is 77.6 Å². The van der Waals surface area contributed by atoms with Gasteiger partial charge in [-0.15, -0.1) is 0 Å². The number of fused-ring (bicyclic) bond motifs is 1. The number of aryl methyl sites for hydroxylation is 1. The van der Waals surface area contributed by atoms with Gasteiger partial charge in [-0.1, -0.05) is 38.0 Å². The van der Waals surface area contributed by atoms with Crippen LogP contribution in [0.4, 0.5) is 0 Å². The highest BCUT2D eigenvalue weighted by Gasteiger charge is 2.47. The number of piperidine rings is 1. The molecule has 1 saturated heterocycles. The van der Waals surface area contributed by atoms with Gasteiger partial charge in [0.05, 0.1) is 30.1 Å². The van der Waals surface area contributed by atoms with Crippen molar-refractivity contribution in [2.75, 3.05) is 34.3 Å². The largest absolute Gasteiger partial charge is 0.480 e. The SMILES string of the molecule is CCC(=O)CCCCCCc1ncc(-c2cc3ccccc3nc2OC)[nH]1.CNC(=O)C1CC2(CCN(C)CC2)C1. The zero-order valence-electron chi connectivity index (χ0n) is 25.3. The number of Topliss-reactive ketones (excluding diaryl/α,β-unsaturated/α-hetero) is 1. The number of nitrogens with one attached hydrogen (secondary N) is 2. The minimum Gasteiger partial charge on any atom is -0.480 e. The first-order chi connectivity index (χ1) is 19.9. The van der Waals surface area contributed by atoms with Gasteiger partial charge in [0.1, 0.15) is 11.6 Å². The van der Waals surface area contributed by atoms with Gasteiger partial charge >= 0.3 is 0 Å². The Bertz CT molecular complexity index is 1290. The number of aromatic amines is 1. The molecule has 2 fully saturated rings. The van der Waals surface area contributed by atoms with E-state index in [0.717, 1.165) is 79.4 Å². The maximum atomic E-state index is 11.4. The number of carbonyl (C=O) groups is 2. The second-order valence-corrected chi connectivity index (χ2v) is 11.8. The number of hydrogen-bond acceptors (Lipinski definition) is 6. The number of para-hydroxylation sites is 1. The highest BCUT2D eigenvalue weighted by atomic mass is 16.5. The Morgan fingerprint density at radius 1 is 1.12 bits per heavy atom. The van der Waals surface area contributed by atoms with Crippen molar-refractivity contribution >= 4 is 22.6 Å². The summed E-state index contributed by atoms with van der Waals surface area (Å²) in [5, 5.41) is 3.82. The number of unbranched alkanes of at least 4 members (excludes halogenated alkanes) is 3. The highest BCUT2D eigenvalue weighted by Crippen LogP contribution is 2.52. The van der Waals surface area contributed by atoms with Gasteiger partial charge < -0.3 is 19.9 Å². The van der Waals surface area contributed by atoms with Crippen molar-refractivity contribution in [1.29, 1.82) is 0 Å². The average Bonchev–Trinajstić information content (AvgIpc) is 3.46. The number of ketones is 1. The molecular weight excluding hydrogens is 514 g/mol. The summed E-state index contributed by atoms with van der Waals surface area (Å²) < 4.78 is 5.48.